The standard InChI is InChI=1S/C24H28FN3O3/c1-15-19-12-21(26-13-22(19)31-24(15)6-9-27(2)10-7-24)16-3-4-18(20(25)11-16)23(30)28-8-5-17(29)14-28/h3-4,11-13,15,17,29H,5-10,14H2,1-2H3. The van der Waals surface area contributed by atoms with Crippen LogP contribution in [-0.4, -0.2) is 70.7 Å². The van der Waals surface area contributed by atoms with Crippen molar-refractivity contribution in [2.24, 2.45) is 0 Å². The number of aliphatic hydroxyl groups is 1. The molecule has 4 heterocycles. The van der Waals surface area contributed by atoms with Gasteiger partial charge in [0.2, 0.25) is 0 Å². The Morgan fingerprint density at radius 1 is 1.26 bits per heavy atom. The molecular formula is C24H28FN3O3. The lowest BCUT2D eigenvalue weighted by atomic mass is 9.79. The van der Waals surface area contributed by atoms with Gasteiger partial charge >= 0.3 is 0 Å². The molecule has 2 unspecified atom stereocenters. The van der Waals surface area contributed by atoms with Gasteiger partial charge in [-0.05, 0) is 31.7 Å². The number of pyridine rings is 1. The molecule has 2 atom stereocenters. The number of aliphatic hydroxyl groups excluding tert-OH is 1. The summed E-state index contributed by atoms with van der Waals surface area (Å²) in [5.41, 5.74) is 2.27. The second-order valence-corrected chi connectivity index (χ2v) is 9.19. The first kappa shape index (κ1) is 20.4. The smallest absolute Gasteiger partial charge is 0.256 e. The highest BCUT2D eigenvalue weighted by atomic mass is 19.1. The molecule has 6 nitrogen and oxygen atoms in total. The lowest BCUT2D eigenvalue weighted by molar-refractivity contribution is 0.0102. The van der Waals surface area contributed by atoms with Crippen molar-refractivity contribution in [3.8, 4) is 17.0 Å². The van der Waals surface area contributed by atoms with Crippen LogP contribution in [0.1, 0.15) is 48.0 Å². The normalized spacial score (nSPS) is 25.0. The fourth-order valence-electron chi connectivity index (χ4n) is 5.11. The molecule has 2 fully saturated rings. The Morgan fingerprint density at radius 3 is 2.71 bits per heavy atom. The SMILES string of the molecule is CC1c2cc(-c3ccc(C(=O)N4CCC(O)C4)c(F)c3)ncc2OC12CCN(C)CC2. The largest absolute Gasteiger partial charge is 0.485 e. The van der Waals surface area contributed by atoms with Gasteiger partial charge in [-0.25, -0.2) is 4.39 Å². The average Bonchev–Trinajstić information content (AvgIpc) is 3.31. The summed E-state index contributed by atoms with van der Waals surface area (Å²) in [6.07, 6.45) is 3.70. The number of rotatable bonds is 2. The van der Waals surface area contributed by atoms with Crippen molar-refractivity contribution in [2.75, 3.05) is 33.2 Å². The Labute approximate surface area is 181 Å². The summed E-state index contributed by atoms with van der Waals surface area (Å²) in [4.78, 5) is 20.9. The summed E-state index contributed by atoms with van der Waals surface area (Å²) in [5.74, 6) is 0.113. The van der Waals surface area contributed by atoms with Gasteiger partial charge in [-0.15, -0.1) is 0 Å². The zero-order chi connectivity index (χ0) is 21.8. The molecule has 31 heavy (non-hydrogen) atoms. The number of fused-ring (bicyclic) bond motifs is 1. The van der Waals surface area contributed by atoms with Gasteiger partial charge in [-0.3, -0.25) is 9.78 Å². The number of hydrogen-bond acceptors (Lipinski definition) is 5. The first-order chi connectivity index (χ1) is 14.9. The third kappa shape index (κ3) is 3.49. The number of amides is 1. The van der Waals surface area contributed by atoms with Crippen LogP contribution in [0, 0.1) is 5.82 Å². The number of β-amino-alcohol motifs (C(OH)–C–C–N with tert-alkyl or cyclic N) is 1. The molecule has 1 spiro atoms. The van der Waals surface area contributed by atoms with E-state index in [1.807, 2.05) is 6.07 Å². The van der Waals surface area contributed by atoms with E-state index in [2.05, 4.69) is 23.9 Å². The van der Waals surface area contributed by atoms with Crippen LogP contribution in [0.4, 0.5) is 4.39 Å². The summed E-state index contributed by atoms with van der Waals surface area (Å²) >= 11 is 0. The van der Waals surface area contributed by atoms with E-state index < -0.39 is 11.9 Å². The Hall–Kier alpha value is -2.51. The lowest BCUT2D eigenvalue weighted by Gasteiger charge is -2.40. The van der Waals surface area contributed by atoms with E-state index >= 15 is 0 Å². The van der Waals surface area contributed by atoms with Gasteiger partial charge in [0, 0.05) is 56.1 Å². The van der Waals surface area contributed by atoms with E-state index in [4.69, 9.17) is 4.74 Å². The van der Waals surface area contributed by atoms with Gasteiger partial charge in [0.05, 0.1) is 23.6 Å². The second kappa shape index (κ2) is 7.57. The summed E-state index contributed by atoms with van der Waals surface area (Å²) in [5, 5.41) is 9.65. The molecule has 3 aliphatic rings. The predicted octanol–water partition coefficient (Wildman–Crippen LogP) is 3.05. The molecule has 164 valence electrons. The number of hydrogen-bond donors (Lipinski definition) is 1. The maximum Gasteiger partial charge on any atom is 0.256 e. The molecule has 0 aliphatic carbocycles. The Balaban J connectivity index is 1.39. The molecule has 1 amide bonds. The Kier molecular flexibility index (Phi) is 4.98. The number of nitrogens with zero attached hydrogens (tertiary/aromatic N) is 3. The van der Waals surface area contributed by atoms with Crippen LogP contribution in [0.2, 0.25) is 0 Å². The van der Waals surface area contributed by atoms with Gasteiger partial charge in [-0.1, -0.05) is 13.0 Å². The molecule has 0 radical (unpaired) electrons. The fraction of sp³-hybridized carbons (Fsp3) is 0.500. The third-order valence-electron chi connectivity index (χ3n) is 7.25. The molecule has 2 saturated heterocycles. The van der Waals surface area contributed by atoms with E-state index in [0.29, 0.717) is 24.2 Å². The van der Waals surface area contributed by atoms with Crippen LogP contribution in [-0.2, 0) is 0 Å². The van der Waals surface area contributed by atoms with Crippen molar-refractivity contribution in [3.63, 3.8) is 0 Å². The number of aromatic nitrogens is 1. The number of benzene rings is 1. The molecule has 1 aromatic heterocycles. The number of halogens is 1. The highest BCUT2D eigenvalue weighted by Gasteiger charge is 2.47. The lowest BCUT2D eigenvalue weighted by Crippen LogP contribution is -2.47. The van der Waals surface area contributed by atoms with E-state index in [0.717, 1.165) is 37.2 Å². The second-order valence-electron chi connectivity index (χ2n) is 9.19. The summed E-state index contributed by atoms with van der Waals surface area (Å²) in [7, 11) is 2.13. The monoisotopic (exact) mass is 425 g/mol. The van der Waals surface area contributed by atoms with Crippen LogP contribution in [0.15, 0.2) is 30.5 Å². The van der Waals surface area contributed by atoms with Crippen LogP contribution in [0.3, 0.4) is 0 Å². The van der Waals surface area contributed by atoms with E-state index in [-0.39, 0.29) is 29.5 Å². The van der Waals surface area contributed by atoms with Gasteiger partial charge in [0.25, 0.3) is 5.91 Å². The molecule has 5 rings (SSSR count). The summed E-state index contributed by atoms with van der Waals surface area (Å²) in [6.45, 7) is 4.92. The number of likely N-dealkylation sites (tertiary alicyclic amines) is 2. The van der Waals surface area contributed by atoms with Crippen molar-refractivity contribution in [3.05, 3.63) is 47.4 Å². The maximum atomic E-state index is 14.8. The minimum Gasteiger partial charge on any atom is -0.485 e. The first-order valence-corrected chi connectivity index (χ1v) is 11.0. The van der Waals surface area contributed by atoms with Crippen molar-refractivity contribution in [1.82, 2.24) is 14.8 Å². The predicted molar refractivity (Wildman–Crippen MR) is 115 cm³/mol. The van der Waals surface area contributed by atoms with Crippen molar-refractivity contribution in [1.29, 1.82) is 0 Å². The Bertz CT molecular complexity index is 1020. The molecule has 1 aromatic carbocycles. The molecule has 3 aliphatic heterocycles. The fourth-order valence-corrected chi connectivity index (χ4v) is 5.11. The quantitative estimate of drug-likeness (QED) is 0.801. The first-order valence-electron chi connectivity index (χ1n) is 11.0. The number of carbonyl (C=O) groups excluding carboxylic acids is 1. The van der Waals surface area contributed by atoms with Crippen molar-refractivity contribution in [2.45, 2.75) is 43.8 Å². The van der Waals surface area contributed by atoms with Gasteiger partial charge in [0.15, 0.2) is 0 Å². The summed E-state index contributed by atoms with van der Waals surface area (Å²) < 4.78 is 21.2. The maximum absolute atomic E-state index is 14.8. The minimum absolute atomic E-state index is 0.0287. The van der Waals surface area contributed by atoms with E-state index in [1.165, 1.54) is 17.0 Å². The highest BCUT2D eigenvalue weighted by molar-refractivity contribution is 5.95. The molecule has 1 N–H and O–H groups in total. The van der Waals surface area contributed by atoms with E-state index in [1.54, 1.807) is 12.3 Å². The third-order valence-corrected chi connectivity index (χ3v) is 7.25. The van der Waals surface area contributed by atoms with Crippen LogP contribution in [0.25, 0.3) is 11.3 Å². The topological polar surface area (TPSA) is 65.9 Å². The molecule has 0 saturated carbocycles. The number of ether oxygens (including phenoxy) is 1. The molecule has 7 heteroatoms. The highest BCUT2D eigenvalue weighted by Crippen LogP contribution is 2.49. The molecule has 2 aromatic rings. The minimum atomic E-state index is -0.567. The van der Waals surface area contributed by atoms with Crippen molar-refractivity contribution < 1.29 is 19.0 Å². The zero-order valence-electron chi connectivity index (χ0n) is 18.0. The number of piperidine rings is 1. The van der Waals surface area contributed by atoms with Gasteiger partial charge in [-0.2, -0.15) is 0 Å². The number of carbonyl (C=O) groups is 1. The van der Waals surface area contributed by atoms with E-state index in [9.17, 15) is 14.3 Å². The average molecular weight is 426 g/mol. The Morgan fingerprint density at radius 2 is 2.03 bits per heavy atom. The van der Waals surface area contributed by atoms with Crippen LogP contribution < -0.4 is 4.74 Å². The van der Waals surface area contributed by atoms with Crippen molar-refractivity contribution >= 4 is 5.91 Å². The molecule has 0 bridgehead atoms. The van der Waals surface area contributed by atoms with Gasteiger partial charge in [0.1, 0.15) is 17.2 Å². The molecular weight excluding hydrogens is 397 g/mol. The zero-order valence-corrected chi connectivity index (χ0v) is 18.0. The van der Waals surface area contributed by atoms with Gasteiger partial charge < -0.3 is 19.6 Å². The summed E-state index contributed by atoms with van der Waals surface area (Å²) in [6, 6.07) is 6.63. The van der Waals surface area contributed by atoms with Crippen LogP contribution >= 0.6 is 0 Å². The van der Waals surface area contributed by atoms with Crippen LogP contribution in [0.5, 0.6) is 5.75 Å².